The molecular formula is C16H17NO2. The summed E-state index contributed by atoms with van der Waals surface area (Å²) in [6.07, 6.45) is 0.262. The number of rotatable bonds is 2. The van der Waals surface area contributed by atoms with E-state index in [4.69, 9.17) is 4.74 Å². The van der Waals surface area contributed by atoms with Crippen LogP contribution < -0.4 is 4.74 Å². The van der Waals surface area contributed by atoms with Gasteiger partial charge in [-0.15, -0.1) is 0 Å². The highest BCUT2D eigenvalue weighted by atomic mass is 16.5. The molecule has 1 aromatic carbocycles. The van der Waals surface area contributed by atoms with Gasteiger partial charge in [0.25, 0.3) is 0 Å². The van der Waals surface area contributed by atoms with Crippen LogP contribution >= 0.6 is 0 Å². The van der Waals surface area contributed by atoms with Gasteiger partial charge in [0.2, 0.25) is 0 Å². The van der Waals surface area contributed by atoms with Crippen LogP contribution in [0, 0.1) is 13.8 Å². The third-order valence-electron chi connectivity index (χ3n) is 3.46. The Kier molecular flexibility index (Phi) is 2.99. The zero-order chi connectivity index (χ0) is 13.4. The van der Waals surface area contributed by atoms with E-state index in [1.807, 2.05) is 38.1 Å². The minimum Gasteiger partial charge on any atom is -0.493 e. The van der Waals surface area contributed by atoms with Crippen molar-refractivity contribution in [1.29, 1.82) is 0 Å². The maximum absolute atomic E-state index is 10.6. The first kappa shape index (κ1) is 12.2. The molecule has 3 rings (SSSR count). The second-order valence-electron chi connectivity index (χ2n) is 5.02. The van der Waals surface area contributed by atoms with Crippen LogP contribution in [0.1, 0.15) is 34.2 Å². The van der Waals surface area contributed by atoms with Gasteiger partial charge in [-0.2, -0.15) is 0 Å². The third-order valence-corrected chi connectivity index (χ3v) is 3.46. The number of hydrogen-bond donors (Lipinski definition) is 1. The maximum atomic E-state index is 10.6. The summed E-state index contributed by atoms with van der Waals surface area (Å²) in [5, 5.41) is 10.6. The molecule has 1 unspecified atom stereocenters. The Balaban J connectivity index is 2.04. The van der Waals surface area contributed by atoms with Gasteiger partial charge >= 0.3 is 0 Å². The van der Waals surface area contributed by atoms with Crippen LogP contribution in [0.2, 0.25) is 0 Å². The summed E-state index contributed by atoms with van der Waals surface area (Å²) >= 11 is 0. The second kappa shape index (κ2) is 4.67. The molecule has 1 aromatic heterocycles. The number of aryl methyl sites for hydroxylation is 2. The molecule has 2 aromatic rings. The zero-order valence-corrected chi connectivity index (χ0v) is 11.2. The largest absolute Gasteiger partial charge is 0.493 e. The van der Waals surface area contributed by atoms with E-state index in [0.717, 1.165) is 34.7 Å². The van der Waals surface area contributed by atoms with Crippen LogP contribution in [0.15, 0.2) is 30.3 Å². The second-order valence-corrected chi connectivity index (χ2v) is 5.02. The fraction of sp³-hybridized carbons (Fsp3) is 0.312. The number of benzene rings is 1. The van der Waals surface area contributed by atoms with Gasteiger partial charge in [0, 0.05) is 23.4 Å². The molecule has 0 fully saturated rings. The van der Waals surface area contributed by atoms with Crippen LogP contribution in [0.25, 0.3) is 0 Å². The SMILES string of the molecule is Cc1cc(C(O)c2cccc3c2OCC3)cc(C)n1. The lowest BCUT2D eigenvalue weighted by Crippen LogP contribution is -2.04. The predicted molar refractivity (Wildman–Crippen MR) is 73.4 cm³/mol. The lowest BCUT2D eigenvalue weighted by molar-refractivity contribution is 0.213. The van der Waals surface area contributed by atoms with Crippen molar-refractivity contribution in [3.8, 4) is 5.75 Å². The first-order valence-electron chi connectivity index (χ1n) is 6.53. The lowest BCUT2D eigenvalue weighted by atomic mass is 9.98. The highest BCUT2D eigenvalue weighted by molar-refractivity contribution is 5.48. The van der Waals surface area contributed by atoms with Crippen molar-refractivity contribution in [1.82, 2.24) is 4.98 Å². The summed E-state index contributed by atoms with van der Waals surface area (Å²) in [6, 6.07) is 9.81. The topological polar surface area (TPSA) is 42.4 Å². The molecule has 3 heteroatoms. The summed E-state index contributed by atoms with van der Waals surface area (Å²) in [7, 11) is 0. The Morgan fingerprint density at radius 1 is 1.21 bits per heavy atom. The van der Waals surface area contributed by atoms with E-state index in [0.29, 0.717) is 6.61 Å². The normalized spacial score (nSPS) is 14.9. The van der Waals surface area contributed by atoms with Gasteiger partial charge in [-0.05, 0) is 37.1 Å². The molecule has 0 amide bonds. The van der Waals surface area contributed by atoms with Gasteiger partial charge in [0.05, 0.1) is 6.61 Å². The van der Waals surface area contributed by atoms with Crippen molar-refractivity contribution in [3.05, 3.63) is 58.4 Å². The van der Waals surface area contributed by atoms with E-state index in [9.17, 15) is 5.11 Å². The summed E-state index contributed by atoms with van der Waals surface area (Å²) in [5.41, 5.74) is 4.73. The molecule has 2 heterocycles. The molecule has 1 atom stereocenters. The maximum Gasteiger partial charge on any atom is 0.128 e. The number of pyridine rings is 1. The molecule has 0 bridgehead atoms. The molecule has 19 heavy (non-hydrogen) atoms. The monoisotopic (exact) mass is 255 g/mol. The van der Waals surface area contributed by atoms with Gasteiger partial charge in [-0.25, -0.2) is 0 Å². The summed E-state index contributed by atoms with van der Waals surface area (Å²) < 4.78 is 5.66. The molecule has 1 N–H and O–H groups in total. The third kappa shape index (κ3) is 2.22. The van der Waals surface area contributed by atoms with Crippen molar-refractivity contribution < 1.29 is 9.84 Å². The summed E-state index contributed by atoms with van der Waals surface area (Å²) in [4.78, 5) is 4.34. The van der Waals surface area contributed by atoms with Crippen molar-refractivity contribution in [2.24, 2.45) is 0 Å². The number of ether oxygens (including phenoxy) is 1. The Bertz CT molecular complexity index is 602. The van der Waals surface area contributed by atoms with Crippen LogP contribution in [-0.4, -0.2) is 16.7 Å². The molecule has 0 aliphatic carbocycles. The van der Waals surface area contributed by atoms with Crippen molar-refractivity contribution >= 4 is 0 Å². The highest BCUT2D eigenvalue weighted by Gasteiger charge is 2.22. The predicted octanol–water partition coefficient (Wildman–Crippen LogP) is 2.72. The molecule has 98 valence electrons. The fourth-order valence-electron chi connectivity index (χ4n) is 2.66. The Morgan fingerprint density at radius 3 is 2.68 bits per heavy atom. The standard InChI is InChI=1S/C16H17NO2/c1-10-8-13(9-11(2)17-10)15(18)14-5-3-4-12-6-7-19-16(12)14/h3-5,8-9,15,18H,6-7H2,1-2H3. The Morgan fingerprint density at radius 2 is 1.95 bits per heavy atom. The van der Waals surface area contributed by atoms with E-state index >= 15 is 0 Å². The van der Waals surface area contributed by atoms with Gasteiger partial charge in [-0.1, -0.05) is 18.2 Å². The van der Waals surface area contributed by atoms with E-state index in [1.165, 1.54) is 5.56 Å². The van der Waals surface area contributed by atoms with Gasteiger partial charge in [-0.3, -0.25) is 4.98 Å². The van der Waals surface area contributed by atoms with Crippen LogP contribution in [0.3, 0.4) is 0 Å². The smallest absolute Gasteiger partial charge is 0.128 e. The van der Waals surface area contributed by atoms with Crippen molar-refractivity contribution in [3.63, 3.8) is 0 Å². The number of aromatic nitrogens is 1. The van der Waals surface area contributed by atoms with E-state index in [1.54, 1.807) is 0 Å². The van der Waals surface area contributed by atoms with E-state index < -0.39 is 6.10 Å². The van der Waals surface area contributed by atoms with Crippen LogP contribution in [-0.2, 0) is 6.42 Å². The van der Waals surface area contributed by atoms with E-state index in [-0.39, 0.29) is 0 Å². The van der Waals surface area contributed by atoms with Crippen molar-refractivity contribution in [2.75, 3.05) is 6.61 Å². The van der Waals surface area contributed by atoms with Gasteiger partial charge < -0.3 is 9.84 Å². The minimum absolute atomic E-state index is 0.659. The Labute approximate surface area is 112 Å². The van der Waals surface area contributed by atoms with Gasteiger partial charge in [0.1, 0.15) is 11.9 Å². The lowest BCUT2D eigenvalue weighted by Gasteiger charge is -2.16. The first-order chi connectivity index (χ1) is 9.15. The van der Waals surface area contributed by atoms with Gasteiger partial charge in [0.15, 0.2) is 0 Å². The number of aliphatic hydroxyl groups excluding tert-OH is 1. The number of nitrogens with zero attached hydrogens (tertiary/aromatic N) is 1. The average Bonchev–Trinajstić information content (AvgIpc) is 2.84. The quantitative estimate of drug-likeness (QED) is 0.897. The number of aliphatic hydroxyl groups is 1. The number of fused-ring (bicyclic) bond motifs is 1. The molecular weight excluding hydrogens is 238 g/mol. The molecule has 3 nitrogen and oxygen atoms in total. The summed E-state index contributed by atoms with van der Waals surface area (Å²) in [5.74, 6) is 0.849. The highest BCUT2D eigenvalue weighted by Crippen LogP contribution is 2.36. The zero-order valence-electron chi connectivity index (χ0n) is 11.2. The fourth-order valence-corrected chi connectivity index (χ4v) is 2.66. The molecule has 0 saturated carbocycles. The molecule has 0 saturated heterocycles. The molecule has 0 radical (unpaired) electrons. The van der Waals surface area contributed by atoms with Crippen LogP contribution in [0.5, 0.6) is 5.75 Å². The number of hydrogen-bond acceptors (Lipinski definition) is 3. The molecule has 1 aliphatic rings. The van der Waals surface area contributed by atoms with Crippen molar-refractivity contribution in [2.45, 2.75) is 26.4 Å². The van der Waals surface area contributed by atoms with Crippen LogP contribution in [0.4, 0.5) is 0 Å². The first-order valence-corrected chi connectivity index (χ1v) is 6.53. The molecule has 0 spiro atoms. The average molecular weight is 255 g/mol. The van der Waals surface area contributed by atoms with E-state index in [2.05, 4.69) is 11.1 Å². The minimum atomic E-state index is -0.659. The molecule has 1 aliphatic heterocycles. The summed E-state index contributed by atoms with van der Waals surface area (Å²) in [6.45, 7) is 4.58. The Hall–Kier alpha value is -1.87. The number of para-hydroxylation sites is 1.